The van der Waals surface area contributed by atoms with Crippen LogP contribution >= 0.6 is 0 Å². The molecule has 0 heterocycles. The van der Waals surface area contributed by atoms with Crippen molar-refractivity contribution in [3.05, 3.63) is 24.3 Å². The second-order valence-corrected chi connectivity index (χ2v) is 4.47. The summed E-state index contributed by atoms with van der Waals surface area (Å²) in [5.41, 5.74) is 0. The van der Waals surface area contributed by atoms with Gasteiger partial charge >= 0.3 is 0 Å². The first-order valence-electron chi connectivity index (χ1n) is 4.89. The zero-order valence-electron chi connectivity index (χ0n) is 8.66. The predicted octanol–water partition coefficient (Wildman–Crippen LogP) is 2.60. The molecule has 0 bridgehead atoms. The van der Waals surface area contributed by atoms with Crippen LogP contribution in [0.2, 0.25) is 0 Å². The Morgan fingerprint density at radius 2 is 2.00 bits per heavy atom. The van der Waals surface area contributed by atoms with Gasteiger partial charge in [-0.25, -0.2) is 0 Å². The van der Waals surface area contributed by atoms with Crippen molar-refractivity contribution in [3.8, 4) is 5.75 Å². The summed E-state index contributed by atoms with van der Waals surface area (Å²) in [6.45, 7) is 4.57. The number of hydrogen-bond donors (Lipinski definition) is 0. The van der Waals surface area contributed by atoms with E-state index in [-0.39, 0.29) is 0 Å². The lowest BCUT2D eigenvalue weighted by atomic mass is 10.3. The van der Waals surface area contributed by atoms with Gasteiger partial charge < -0.3 is 4.74 Å². The van der Waals surface area contributed by atoms with E-state index in [1.54, 1.807) is 0 Å². The van der Waals surface area contributed by atoms with Crippen molar-refractivity contribution < 1.29 is 8.95 Å². The normalized spacial score (nSPS) is 12.4. The summed E-state index contributed by atoms with van der Waals surface area (Å²) >= 11 is 0. The van der Waals surface area contributed by atoms with Gasteiger partial charge in [0.15, 0.2) is 0 Å². The lowest BCUT2D eigenvalue weighted by molar-refractivity contribution is 0.332. The van der Waals surface area contributed by atoms with Crippen LogP contribution in [0.15, 0.2) is 29.2 Å². The Bertz CT molecular complexity index is 310. The maximum absolute atomic E-state index is 11.8. The molecule has 14 heavy (non-hydrogen) atoms. The van der Waals surface area contributed by atoms with Crippen molar-refractivity contribution in [2.45, 2.75) is 25.2 Å². The molecule has 0 radical (unpaired) electrons. The third-order valence-electron chi connectivity index (χ3n) is 1.78. The van der Waals surface area contributed by atoms with Crippen LogP contribution in [0.1, 0.15) is 20.3 Å². The average Bonchev–Trinajstić information content (AvgIpc) is 2.19. The number of benzene rings is 1. The molecule has 0 saturated carbocycles. The first-order valence-corrected chi connectivity index (χ1v) is 6.21. The molecule has 1 atom stereocenters. The van der Waals surface area contributed by atoms with Crippen LogP contribution in [0, 0.1) is 0 Å². The van der Waals surface area contributed by atoms with Gasteiger partial charge in [-0.15, -0.1) is 0 Å². The standard InChI is InChI=1S/C11H16O2S/c1-3-9-14(12)11-8-6-5-7-10(11)13-4-2/h5-8H,3-4,9H2,1-2H3. The van der Waals surface area contributed by atoms with Crippen molar-refractivity contribution in [1.82, 2.24) is 0 Å². The lowest BCUT2D eigenvalue weighted by Gasteiger charge is -2.08. The van der Waals surface area contributed by atoms with Gasteiger partial charge in [0.25, 0.3) is 0 Å². The molecule has 0 amide bonds. The lowest BCUT2D eigenvalue weighted by Crippen LogP contribution is -2.01. The van der Waals surface area contributed by atoms with Gasteiger partial charge in [-0.2, -0.15) is 0 Å². The van der Waals surface area contributed by atoms with Crippen molar-refractivity contribution in [2.24, 2.45) is 0 Å². The Labute approximate surface area is 87.7 Å². The molecule has 1 aromatic carbocycles. The Morgan fingerprint density at radius 3 is 2.64 bits per heavy atom. The van der Waals surface area contributed by atoms with Gasteiger partial charge in [-0.1, -0.05) is 19.1 Å². The van der Waals surface area contributed by atoms with Crippen LogP contribution in [-0.2, 0) is 10.8 Å². The van der Waals surface area contributed by atoms with E-state index in [9.17, 15) is 4.21 Å². The molecule has 0 aromatic heterocycles. The summed E-state index contributed by atoms with van der Waals surface area (Å²) in [5, 5.41) is 0. The zero-order chi connectivity index (χ0) is 10.4. The van der Waals surface area contributed by atoms with Gasteiger partial charge in [0, 0.05) is 5.75 Å². The summed E-state index contributed by atoms with van der Waals surface area (Å²) in [6, 6.07) is 7.53. The maximum atomic E-state index is 11.8. The fourth-order valence-electron chi connectivity index (χ4n) is 1.21. The van der Waals surface area contributed by atoms with E-state index in [1.165, 1.54) is 0 Å². The van der Waals surface area contributed by atoms with E-state index in [0.29, 0.717) is 12.4 Å². The molecule has 0 aliphatic rings. The summed E-state index contributed by atoms with van der Waals surface area (Å²) in [5.74, 6) is 1.45. The van der Waals surface area contributed by atoms with Crippen LogP contribution in [0.4, 0.5) is 0 Å². The van der Waals surface area contributed by atoms with Crippen LogP contribution in [-0.4, -0.2) is 16.6 Å². The quantitative estimate of drug-likeness (QED) is 0.750. The SMILES string of the molecule is CCCS(=O)c1ccccc1OCC. The Kier molecular flexibility index (Phi) is 4.66. The molecular weight excluding hydrogens is 196 g/mol. The zero-order valence-corrected chi connectivity index (χ0v) is 9.47. The van der Waals surface area contributed by atoms with E-state index in [4.69, 9.17) is 4.74 Å². The summed E-state index contributed by atoms with van der Waals surface area (Å²) < 4.78 is 17.2. The number of rotatable bonds is 5. The highest BCUT2D eigenvalue weighted by molar-refractivity contribution is 7.85. The van der Waals surface area contributed by atoms with Crippen molar-refractivity contribution in [1.29, 1.82) is 0 Å². The molecule has 1 unspecified atom stereocenters. The van der Waals surface area contributed by atoms with E-state index in [2.05, 4.69) is 0 Å². The number of para-hydroxylation sites is 1. The minimum Gasteiger partial charge on any atom is -0.493 e. The third-order valence-corrected chi connectivity index (χ3v) is 3.39. The summed E-state index contributed by atoms with van der Waals surface area (Å²) in [6.07, 6.45) is 0.924. The molecule has 0 aliphatic carbocycles. The molecule has 0 fully saturated rings. The Hall–Kier alpha value is -0.830. The van der Waals surface area contributed by atoms with E-state index in [0.717, 1.165) is 17.1 Å². The molecule has 1 aromatic rings. The van der Waals surface area contributed by atoms with Crippen molar-refractivity contribution >= 4 is 10.8 Å². The first kappa shape index (κ1) is 11.2. The monoisotopic (exact) mass is 212 g/mol. The second kappa shape index (κ2) is 5.81. The smallest absolute Gasteiger partial charge is 0.135 e. The van der Waals surface area contributed by atoms with Gasteiger partial charge in [0.05, 0.1) is 22.3 Å². The fourth-order valence-corrected chi connectivity index (χ4v) is 2.38. The summed E-state index contributed by atoms with van der Waals surface area (Å²) in [7, 11) is -0.921. The third kappa shape index (κ3) is 2.84. The Balaban J connectivity index is 2.88. The van der Waals surface area contributed by atoms with Crippen LogP contribution < -0.4 is 4.74 Å². The first-order chi connectivity index (χ1) is 6.79. The number of hydrogen-bond acceptors (Lipinski definition) is 2. The van der Waals surface area contributed by atoms with Gasteiger partial charge in [-0.05, 0) is 25.5 Å². The van der Waals surface area contributed by atoms with Crippen molar-refractivity contribution in [2.75, 3.05) is 12.4 Å². The van der Waals surface area contributed by atoms with E-state index in [1.807, 2.05) is 38.1 Å². The predicted molar refractivity (Wildman–Crippen MR) is 59.2 cm³/mol. The summed E-state index contributed by atoms with van der Waals surface area (Å²) in [4.78, 5) is 0.816. The van der Waals surface area contributed by atoms with Crippen LogP contribution in [0.5, 0.6) is 5.75 Å². The average molecular weight is 212 g/mol. The molecule has 2 nitrogen and oxygen atoms in total. The van der Waals surface area contributed by atoms with Gasteiger partial charge in [0.2, 0.25) is 0 Å². The molecule has 0 spiro atoms. The Morgan fingerprint density at radius 1 is 1.29 bits per heavy atom. The fraction of sp³-hybridized carbons (Fsp3) is 0.455. The minimum atomic E-state index is -0.921. The molecule has 0 N–H and O–H groups in total. The molecule has 0 saturated heterocycles. The largest absolute Gasteiger partial charge is 0.493 e. The van der Waals surface area contributed by atoms with Gasteiger partial charge in [0.1, 0.15) is 5.75 Å². The van der Waals surface area contributed by atoms with Crippen molar-refractivity contribution in [3.63, 3.8) is 0 Å². The van der Waals surface area contributed by atoms with Crippen LogP contribution in [0.25, 0.3) is 0 Å². The second-order valence-electron chi connectivity index (χ2n) is 2.93. The highest BCUT2D eigenvalue weighted by Crippen LogP contribution is 2.22. The highest BCUT2D eigenvalue weighted by atomic mass is 32.2. The maximum Gasteiger partial charge on any atom is 0.135 e. The molecule has 0 aliphatic heterocycles. The highest BCUT2D eigenvalue weighted by Gasteiger charge is 2.08. The number of ether oxygens (including phenoxy) is 1. The minimum absolute atomic E-state index is 0.611. The molecule has 1 rings (SSSR count). The molecule has 78 valence electrons. The van der Waals surface area contributed by atoms with E-state index >= 15 is 0 Å². The van der Waals surface area contributed by atoms with E-state index < -0.39 is 10.8 Å². The molecule has 3 heteroatoms. The van der Waals surface area contributed by atoms with Gasteiger partial charge in [-0.3, -0.25) is 4.21 Å². The molecular formula is C11H16O2S. The van der Waals surface area contributed by atoms with Crippen LogP contribution in [0.3, 0.4) is 0 Å². The topological polar surface area (TPSA) is 26.3 Å².